The molecule has 0 N–H and O–H groups in total. The number of carbonyl (C=O) groups is 1. The highest BCUT2D eigenvalue weighted by Gasteiger charge is 2.30. The Labute approximate surface area is 99.5 Å². The van der Waals surface area contributed by atoms with Crippen molar-refractivity contribution in [2.24, 2.45) is 0 Å². The fourth-order valence-electron chi connectivity index (χ4n) is 1.21. The van der Waals surface area contributed by atoms with Crippen LogP contribution in [0.15, 0.2) is 0 Å². The summed E-state index contributed by atoms with van der Waals surface area (Å²) in [6.45, 7) is 11.9. The van der Waals surface area contributed by atoms with Crippen LogP contribution in [0.25, 0.3) is 0 Å². The maximum Gasteiger partial charge on any atom is 0.509 e. The molecule has 0 aliphatic carbocycles. The summed E-state index contributed by atoms with van der Waals surface area (Å²) in [7, 11) is 0. The van der Waals surface area contributed by atoms with E-state index in [1.165, 1.54) is 0 Å². The van der Waals surface area contributed by atoms with Crippen LogP contribution in [-0.2, 0) is 9.47 Å². The second-order valence-corrected chi connectivity index (χ2v) is 4.77. The van der Waals surface area contributed by atoms with Crippen molar-refractivity contribution in [2.75, 3.05) is 0 Å². The van der Waals surface area contributed by atoms with Gasteiger partial charge < -0.3 is 9.47 Å². The average molecular weight is 230 g/mol. The Kier molecular flexibility index (Phi) is 5.84. The van der Waals surface area contributed by atoms with E-state index in [9.17, 15) is 4.79 Å². The van der Waals surface area contributed by atoms with Crippen molar-refractivity contribution in [1.82, 2.24) is 0 Å². The summed E-state index contributed by atoms with van der Waals surface area (Å²) in [6, 6.07) is 0. The number of rotatable bonds is 6. The Balaban J connectivity index is 4.38. The minimum Gasteiger partial charge on any atom is -0.428 e. The van der Waals surface area contributed by atoms with E-state index in [4.69, 9.17) is 9.47 Å². The van der Waals surface area contributed by atoms with Crippen molar-refractivity contribution in [3.63, 3.8) is 0 Å². The molecule has 0 atom stereocenters. The van der Waals surface area contributed by atoms with E-state index in [0.717, 1.165) is 25.7 Å². The third kappa shape index (κ3) is 4.42. The summed E-state index contributed by atoms with van der Waals surface area (Å²) < 4.78 is 10.7. The van der Waals surface area contributed by atoms with Gasteiger partial charge >= 0.3 is 6.16 Å². The predicted octanol–water partition coefficient (Wildman–Crippen LogP) is 4.30. The van der Waals surface area contributed by atoms with Crippen LogP contribution in [0.3, 0.4) is 0 Å². The molecule has 3 nitrogen and oxygen atoms in total. The zero-order chi connectivity index (χ0) is 12.8. The van der Waals surface area contributed by atoms with Gasteiger partial charge in [-0.2, -0.15) is 0 Å². The third-order valence-electron chi connectivity index (χ3n) is 3.65. The Hall–Kier alpha value is -0.730. The summed E-state index contributed by atoms with van der Waals surface area (Å²) >= 11 is 0. The zero-order valence-corrected chi connectivity index (χ0v) is 11.6. The molecule has 0 aromatic rings. The summed E-state index contributed by atoms with van der Waals surface area (Å²) in [5, 5.41) is 0. The minimum atomic E-state index is -0.544. The molecule has 96 valence electrons. The first-order valence-corrected chi connectivity index (χ1v) is 6.26. The van der Waals surface area contributed by atoms with Crippen molar-refractivity contribution in [2.45, 2.75) is 78.4 Å². The minimum absolute atomic E-state index is 0.403. The molecule has 0 bridgehead atoms. The van der Waals surface area contributed by atoms with Crippen LogP contribution in [-0.4, -0.2) is 17.4 Å². The fourth-order valence-corrected chi connectivity index (χ4v) is 1.21. The third-order valence-corrected chi connectivity index (χ3v) is 3.65. The summed E-state index contributed by atoms with van der Waals surface area (Å²) in [6.07, 6.45) is 2.65. The van der Waals surface area contributed by atoms with Crippen LogP contribution in [0.4, 0.5) is 4.79 Å². The number of ether oxygens (including phenoxy) is 2. The Bertz CT molecular complexity index is 193. The van der Waals surface area contributed by atoms with Crippen LogP contribution in [0.2, 0.25) is 0 Å². The van der Waals surface area contributed by atoms with Crippen LogP contribution in [0.5, 0.6) is 0 Å². The van der Waals surface area contributed by atoms with Gasteiger partial charge in [0.15, 0.2) is 0 Å². The maximum absolute atomic E-state index is 11.7. The van der Waals surface area contributed by atoms with Gasteiger partial charge in [0.2, 0.25) is 0 Å². The SMILES string of the molecule is CCC(C)(CC)OC(=O)OC(C)(CC)CC. The lowest BCUT2D eigenvalue weighted by Crippen LogP contribution is -2.36. The lowest BCUT2D eigenvalue weighted by molar-refractivity contribution is -0.0749. The molecule has 0 heterocycles. The van der Waals surface area contributed by atoms with Gasteiger partial charge in [0.25, 0.3) is 0 Å². The first-order valence-electron chi connectivity index (χ1n) is 6.26. The number of carbonyl (C=O) groups excluding carboxylic acids is 1. The molecule has 0 unspecified atom stereocenters. The first-order chi connectivity index (χ1) is 7.34. The van der Waals surface area contributed by atoms with E-state index in [1.807, 2.05) is 41.5 Å². The molecule has 0 aliphatic heterocycles. The number of hydrogen-bond acceptors (Lipinski definition) is 3. The topological polar surface area (TPSA) is 35.5 Å². The molecule has 0 spiro atoms. The van der Waals surface area contributed by atoms with Crippen molar-refractivity contribution >= 4 is 6.16 Å². The molecule has 0 saturated carbocycles. The number of hydrogen-bond donors (Lipinski definition) is 0. The molecular formula is C13H26O3. The van der Waals surface area contributed by atoms with Crippen LogP contribution in [0.1, 0.15) is 67.2 Å². The summed E-state index contributed by atoms with van der Waals surface area (Å²) in [5.74, 6) is 0. The molecule has 0 aromatic carbocycles. The van der Waals surface area contributed by atoms with E-state index >= 15 is 0 Å². The van der Waals surface area contributed by atoms with Crippen LogP contribution < -0.4 is 0 Å². The highest BCUT2D eigenvalue weighted by atomic mass is 16.7. The highest BCUT2D eigenvalue weighted by Crippen LogP contribution is 2.24. The summed E-state index contributed by atoms with van der Waals surface area (Å²) in [5.41, 5.74) is -0.807. The van der Waals surface area contributed by atoms with E-state index in [2.05, 4.69) is 0 Å². The van der Waals surface area contributed by atoms with Gasteiger partial charge in [-0.25, -0.2) is 4.79 Å². The largest absolute Gasteiger partial charge is 0.509 e. The standard InChI is InChI=1S/C13H26O3/c1-7-12(5,8-2)15-11(14)16-13(6,9-3)10-4/h7-10H2,1-6H3. The fraction of sp³-hybridized carbons (Fsp3) is 0.923. The van der Waals surface area contributed by atoms with Gasteiger partial charge in [0.1, 0.15) is 11.2 Å². The molecule has 0 rings (SSSR count). The normalized spacial score (nSPS) is 12.4. The molecule has 3 heteroatoms. The Morgan fingerprint density at radius 2 is 1.06 bits per heavy atom. The van der Waals surface area contributed by atoms with Gasteiger partial charge in [-0.3, -0.25) is 0 Å². The van der Waals surface area contributed by atoms with Gasteiger partial charge in [0, 0.05) is 0 Å². The molecule has 0 saturated heterocycles. The molecule has 0 radical (unpaired) electrons. The van der Waals surface area contributed by atoms with Gasteiger partial charge in [-0.1, -0.05) is 27.7 Å². The molecular weight excluding hydrogens is 204 g/mol. The Morgan fingerprint density at radius 3 is 1.25 bits per heavy atom. The molecule has 16 heavy (non-hydrogen) atoms. The first kappa shape index (κ1) is 15.3. The van der Waals surface area contributed by atoms with Gasteiger partial charge in [0.05, 0.1) is 0 Å². The van der Waals surface area contributed by atoms with Crippen LogP contribution in [0, 0.1) is 0 Å². The molecule has 0 aliphatic rings. The predicted molar refractivity (Wildman–Crippen MR) is 65.5 cm³/mol. The van der Waals surface area contributed by atoms with E-state index in [-0.39, 0.29) is 0 Å². The summed E-state index contributed by atoms with van der Waals surface area (Å²) in [4.78, 5) is 11.7. The second-order valence-electron chi connectivity index (χ2n) is 4.77. The lowest BCUT2D eigenvalue weighted by atomic mass is 10.00. The molecule has 0 fully saturated rings. The zero-order valence-electron chi connectivity index (χ0n) is 11.6. The van der Waals surface area contributed by atoms with E-state index < -0.39 is 17.4 Å². The van der Waals surface area contributed by atoms with Crippen molar-refractivity contribution < 1.29 is 14.3 Å². The van der Waals surface area contributed by atoms with E-state index in [0.29, 0.717) is 0 Å². The quantitative estimate of drug-likeness (QED) is 0.638. The lowest BCUT2D eigenvalue weighted by Gasteiger charge is -2.31. The molecule has 0 amide bonds. The second kappa shape index (κ2) is 6.12. The van der Waals surface area contributed by atoms with Gasteiger partial charge in [-0.15, -0.1) is 0 Å². The monoisotopic (exact) mass is 230 g/mol. The maximum atomic E-state index is 11.7. The molecule has 0 aromatic heterocycles. The highest BCUT2D eigenvalue weighted by molar-refractivity contribution is 5.61. The van der Waals surface area contributed by atoms with E-state index in [1.54, 1.807) is 0 Å². The van der Waals surface area contributed by atoms with Crippen molar-refractivity contribution in [3.05, 3.63) is 0 Å². The van der Waals surface area contributed by atoms with Crippen molar-refractivity contribution in [1.29, 1.82) is 0 Å². The Morgan fingerprint density at radius 1 is 0.812 bits per heavy atom. The average Bonchev–Trinajstić information content (AvgIpc) is 2.28. The van der Waals surface area contributed by atoms with Crippen LogP contribution >= 0.6 is 0 Å². The van der Waals surface area contributed by atoms with Crippen molar-refractivity contribution in [3.8, 4) is 0 Å². The smallest absolute Gasteiger partial charge is 0.428 e. The van der Waals surface area contributed by atoms with Gasteiger partial charge in [-0.05, 0) is 39.5 Å².